The average Bonchev–Trinajstić information content (AvgIpc) is 4.27. The summed E-state index contributed by atoms with van der Waals surface area (Å²) in [5, 5.41) is 10.2. The fraction of sp³-hybridized carbons (Fsp3) is 0.125. The van der Waals surface area contributed by atoms with E-state index in [4.69, 9.17) is 29.4 Å². The second kappa shape index (κ2) is 21.5. The lowest BCUT2D eigenvalue weighted by Crippen LogP contribution is -2.52. The Morgan fingerprint density at radius 1 is 0.577 bits per heavy atom. The fourth-order valence-corrected chi connectivity index (χ4v) is 11.9. The molecule has 0 atom stereocenters. The van der Waals surface area contributed by atoms with E-state index in [1.807, 2.05) is 0 Å². The molecule has 0 aliphatic carbocycles. The molecule has 19 nitrogen and oxygen atoms in total. The predicted octanol–water partition coefficient (Wildman–Crippen LogP) is 9.39. The smallest absolute Gasteiger partial charge is 0.424 e. The lowest BCUT2D eigenvalue weighted by Gasteiger charge is -2.33. The van der Waals surface area contributed by atoms with Gasteiger partial charge in [-0.1, -0.05) is 121 Å². The number of nitriles is 1. The lowest BCUT2D eigenvalue weighted by molar-refractivity contribution is -0.183. The average molecular weight is 1100 g/mol. The Hall–Kier alpha value is -9.69. The van der Waals surface area contributed by atoms with Gasteiger partial charge in [0, 0.05) is 16.7 Å². The molecule has 3 aromatic heterocycles. The Kier molecular flexibility index (Phi) is 14.3. The van der Waals surface area contributed by atoms with Crippen LogP contribution in [0, 0.1) is 11.3 Å². The first-order valence-corrected chi connectivity index (χ1v) is 25.9. The van der Waals surface area contributed by atoms with E-state index >= 15 is 9.59 Å². The van der Waals surface area contributed by atoms with E-state index in [1.165, 1.54) is 19.9 Å². The number of nitrogens with zero attached hydrogens (tertiary/aromatic N) is 5. The molecule has 10 rings (SSSR count). The molecule has 22 heteroatoms. The molecule has 6 amide bonds. The topological polar surface area (TPSA) is 264 Å². The number of carbonyl (C=O) groups is 8. The summed E-state index contributed by atoms with van der Waals surface area (Å²) in [4.78, 5) is 122. The van der Waals surface area contributed by atoms with Crippen molar-refractivity contribution in [2.75, 3.05) is 0 Å². The van der Waals surface area contributed by atoms with E-state index in [9.17, 15) is 34.0 Å². The molecular weight excluding hydrogens is 1060 g/mol. The van der Waals surface area contributed by atoms with Crippen molar-refractivity contribution < 1.29 is 62.0 Å². The maximum atomic E-state index is 15.1. The van der Waals surface area contributed by atoms with E-state index in [1.54, 1.807) is 133 Å². The van der Waals surface area contributed by atoms with Gasteiger partial charge in [0.1, 0.15) is 65.2 Å². The third kappa shape index (κ3) is 9.64. The number of aliphatic imine (C=N–C) groups is 2. The quantitative estimate of drug-likeness (QED) is 0.0517. The minimum absolute atomic E-state index is 0.00777. The molecule has 0 spiro atoms. The van der Waals surface area contributed by atoms with Gasteiger partial charge < -0.3 is 29.4 Å². The highest BCUT2D eigenvalue weighted by Gasteiger charge is 2.59. The number of nitrogens with two attached hydrogens (primary N) is 1. The van der Waals surface area contributed by atoms with Gasteiger partial charge in [0.15, 0.2) is 5.75 Å². The molecule has 0 unspecified atom stereocenters. The summed E-state index contributed by atoms with van der Waals surface area (Å²) in [6.45, 7) is 1.53. The van der Waals surface area contributed by atoms with Crippen molar-refractivity contribution in [2.45, 2.75) is 45.9 Å². The summed E-state index contributed by atoms with van der Waals surface area (Å²) in [6.07, 6.45) is -2.63. The van der Waals surface area contributed by atoms with Gasteiger partial charge in [-0.15, -0.1) is 34.0 Å². The Labute approximate surface area is 454 Å². The highest BCUT2D eigenvalue weighted by atomic mass is 32.1. The molecular formula is C56H38N6O13S3. The number of hydrogen-bond acceptors (Lipinski definition) is 20. The molecule has 78 heavy (non-hydrogen) atoms. The van der Waals surface area contributed by atoms with Crippen molar-refractivity contribution in [1.82, 2.24) is 9.80 Å². The van der Waals surface area contributed by atoms with Crippen molar-refractivity contribution in [3.8, 4) is 21.6 Å². The van der Waals surface area contributed by atoms with Crippen LogP contribution >= 0.6 is 34.0 Å². The summed E-state index contributed by atoms with van der Waals surface area (Å²) >= 11 is 3.01. The van der Waals surface area contributed by atoms with Crippen LogP contribution in [0.4, 0.5) is 19.6 Å². The highest BCUT2D eigenvalue weighted by molar-refractivity contribution is 7.33. The molecule has 7 aromatic rings. The van der Waals surface area contributed by atoms with Crippen LogP contribution in [0.5, 0.6) is 5.75 Å². The lowest BCUT2D eigenvalue weighted by atomic mass is 9.91. The number of benzene rings is 4. The summed E-state index contributed by atoms with van der Waals surface area (Å²) < 4.78 is 30.0. The van der Waals surface area contributed by atoms with Crippen molar-refractivity contribution >= 4 is 113 Å². The molecule has 4 aromatic carbocycles. The van der Waals surface area contributed by atoms with Crippen molar-refractivity contribution in [2.24, 2.45) is 15.7 Å². The van der Waals surface area contributed by atoms with E-state index in [0.29, 0.717) is 36.5 Å². The molecule has 0 saturated carbocycles. The summed E-state index contributed by atoms with van der Waals surface area (Å²) in [7, 11) is 0. The number of esters is 2. The van der Waals surface area contributed by atoms with Crippen LogP contribution in [0.2, 0.25) is 0 Å². The molecule has 0 radical (unpaired) electrons. The highest BCUT2D eigenvalue weighted by Crippen LogP contribution is 2.60. The Balaban J connectivity index is 1.08. The molecule has 0 fully saturated rings. The number of hydrogen-bond donors (Lipinski definition) is 1. The Morgan fingerprint density at radius 2 is 1.01 bits per heavy atom. The van der Waals surface area contributed by atoms with Crippen LogP contribution in [0.25, 0.3) is 19.2 Å². The van der Waals surface area contributed by atoms with E-state index in [2.05, 4.69) is 9.98 Å². The van der Waals surface area contributed by atoms with Gasteiger partial charge in [-0.25, -0.2) is 29.2 Å². The van der Waals surface area contributed by atoms with Crippen LogP contribution in [-0.2, 0) is 79.7 Å². The van der Waals surface area contributed by atoms with Gasteiger partial charge >= 0.3 is 29.7 Å². The third-order valence-electron chi connectivity index (χ3n) is 12.4. The number of fused-ring (bicyclic) bond motifs is 5. The van der Waals surface area contributed by atoms with Crippen molar-refractivity contribution in [1.29, 1.82) is 5.26 Å². The predicted molar refractivity (Wildman–Crippen MR) is 284 cm³/mol. The SMILES string of the molecule is CC1=C(N)C(=O)N(C(=O)OCc2ccccc2)C(=O)/C1=N/c1cc2c(s1)-c1sc3cc(/N=C4/C(=O)N(C(=O)OCc5ccccc5)C(=O)C(C#N)=C4C)sc3c1OC2(C(=O)OCc1ccccc1)C(=O)OCc1ccccc1. The maximum absolute atomic E-state index is 15.1. The zero-order valence-corrected chi connectivity index (χ0v) is 43.3. The van der Waals surface area contributed by atoms with Crippen LogP contribution in [0.1, 0.15) is 41.7 Å². The van der Waals surface area contributed by atoms with Crippen molar-refractivity contribution in [3.63, 3.8) is 0 Å². The Bertz CT molecular complexity index is 3780. The van der Waals surface area contributed by atoms with Gasteiger partial charge in [0.05, 0.1) is 19.2 Å². The van der Waals surface area contributed by atoms with E-state index in [-0.39, 0.29) is 73.6 Å². The monoisotopic (exact) mass is 1100 g/mol. The second-order valence-electron chi connectivity index (χ2n) is 17.3. The molecule has 3 aliphatic heterocycles. The van der Waals surface area contributed by atoms with Gasteiger partial charge in [0.2, 0.25) is 0 Å². The van der Waals surface area contributed by atoms with Gasteiger partial charge in [-0.05, 0) is 48.2 Å². The van der Waals surface area contributed by atoms with Crippen LogP contribution in [0.3, 0.4) is 0 Å². The van der Waals surface area contributed by atoms with Gasteiger partial charge in [0.25, 0.3) is 23.6 Å². The molecule has 388 valence electrons. The number of rotatable bonds is 12. The van der Waals surface area contributed by atoms with Crippen LogP contribution in [0.15, 0.2) is 166 Å². The first kappa shape index (κ1) is 51.8. The van der Waals surface area contributed by atoms with Crippen LogP contribution in [-0.4, -0.2) is 69.0 Å². The van der Waals surface area contributed by atoms with E-state index in [0.717, 1.165) is 34.0 Å². The van der Waals surface area contributed by atoms with Gasteiger partial charge in [-0.3, -0.25) is 19.2 Å². The summed E-state index contributed by atoms with van der Waals surface area (Å²) in [5.41, 5.74) is 3.70. The second-order valence-corrected chi connectivity index (χ2v) is 20.4. The molecule has 3 aliphatic rings. The number of carbonyl (C=O) groups excluding carboxylic acids is 8. The first-order valence-electron chi connectivity index (χ1n) is 23.4. The number of thiophene rings is 3. The minimum atomic E-state index is -2.74. The summed E-state index contributed by atoms with van der Waals surface area (Å²) in [6, 6.07) is 39.1. The Morgan fingerprint density at radius 3 is 1.49 bits per heavy atom. The standard InChI is InChI=1S/C56H38N6O13S3/c1-30-36(25-57)48(63)61(54(69)73-28-34-19-11-5-12-20-34)50(65)42(30)60-40-24-38-46(78-40)44-47(76-38)45-37(56(75-44,52(67)71-26-32-15-7-3-8-16-32)53(68)72-27-33-17-9-4-10-18-33)23-39(77-45)59-43-31(2)41(58)49(64)62(51(43)66)55(70)74-29-35-21-13-6-14-22-35/h3-24H,26-29,58H2,1-2H3/b59-43+,60-42+. The van der Waals surface area contributed by atoms with Gasteiger partial charge in [-0.2, -0.15) is 15.1 Å². The molecule has 0 saturated heterocycles. The molecule has 0 bridgehead atoms. The number of amides is 6. The largest absolute Gasteiger partial charge is 0.457 e. The fourth-order valence-electron chi connectivity index (χ4n) is 8.29. The summed E-state index contributed by atoms with van der Waals surface area (Å²) in [5.74, 6) is -7.03. The van der Waals surface area contributed by atoms with E-state index < -0.39 is 76.0 Å². The zero-order valence-electron chi connectivity index (χ0n) is 40.9. The third-order valence-corrected chi connectivity index (χ3v) is 15.8. The molecule has 6 heterocycles. The van der Waals surface area contributed by atoms with Crippen LogP contribution < -0.4 is 10.5 Å². The zero-order chi connectivity index (χ0) is 54.8. The normalized spacial score (nSPS) is 16.0. The minimum Gasteiger partial charge on any atom is -0.457 e. The maximum Gasteiger partial charge on any atom is 0.424 e. The molecule has 2 N–H and O–H groups in total. The van der Waals surface area contributed by atoms with Crippen molar-refractivity contribution in [3.05, 3.63) is 184 Å². The number of imide groups is 6. The first-order chi connectivity index (χ1) is 37.7. The number of ether oxygens (including phenoxy) is 5.